The monoisotopic (exact) mass is 340 g/mol. The molecule has 1 aliphatic carbocycles. The summed E-state index contributed by atoms with van der Waals surface area (Å²) >= 11 is 0. The second kappa shape index (κ2) is 6.65. The van der Waals surface area contributed by atoms with Crippen molar-refractivity contribution < 1.29 is 4.79 Å². The molecule has 0 N–H and O–H groups in total. The minimum atomic E-state index is 0.0810. The summed E-state index contributed by atoms with van der Waals surface area (Å²) in [5.74, 6) is 7.76. The number of hydrogen-bond donors (Lipinski definition) is 0. The summed E-state index contributed by atoms with van der Waals surface area (Å²) in [5.41, 5.74) is 4.35. The minimum Gasteiger partial charge on any atom is -0.324 e. The molecule has 0 radical (unpaired) electrons. The number of ketones is 1. The van der Waals surface area contributed by atoms with Crippen LogP contribution < -0.4 is 0 Å². The molecule has 1 atom stereocenters. The van der Waals surface area contributed by atoms with Crippen LogP contribution in [0.2, 0.25) is 0 Å². The summed E-state index contributed by atoms with van der Waals surface area (Å²) in [4.78, 5) is 17.0. The first-order valence-corrected chi connectivity index (χ1v) is 8.98. The van der Waals surface area contributed by atoms with Crippen molar-refractivity contribution in [2.45, 2.75) is 26.8 Å². The van der Waals surface area contributed by atoms with Gasteiger partial charge < -0.3 is 4.57 Å². The topological polar surface area (TPSA) is 34.9 Å². The molecule has 0 spiro atoms. The fourth-order valence-corrected chi connectivity index (χ4v) is 3.28. The molecule has 0 saturated heterocycles. The number of aromatic nitrogens is 2. The van der Waals surface area contributed by atoms with Crippen molar-refractivity contribution in [2.75, 3.05) is 0 Å². The van der Waals surface area contributed by atoms with Crippen LogP contribution in [0.5, 0.6) is 0 Å². The van der Waals surface area contributed by atoms with Crippen molar-refractivity contribution in [1.29, 1.82) is 0 Å². The van der Waals surface area contributed by atoms with Gasteiger partial charge in [-0.25, -0.2) is 4.98 Å². The predicted molar refractivity (Wildman–Crippen MR) is 103 cm³/mol. The highest BCUT2D eigenvalue weighted by molar-refractivity contribution is 6.21. The summed E-state index contributed by atoms with van der Waals surface area (Å²) in [5, 5.41) is 0. The smallest absolute Gasteiger partial charge is 0.194 e. The molecule has 1 heterocycles. The van der Waals surface area contributed by atoms with Gasteiger partial charge in [0.05, 0.1) is 0 Å². The molecule has 0 bridgehead atoms. The van der Waals surface area contributed by atoms with Crippen LogP contribution in [0.1, 0.15) is 47.6 Å². The predicted octanol–water partition coefficient (Wildman–Crippen LogP) is 4.54. The molecule has 1 aliphatic rings. The molecule has 3 aromatic rings. The van der Waals surface area contributed by atoms with Crippen molar-refractivity contribution >= 4 is 5.78 Å². The molecule has 128 valence electrons. The zero-order valence-electron chi connectivity index (χ0n) is 15.0. The standard InChI is InChI=1S/C23H20N2O/c1-3-16(2)15-25-13-12-24-22(25)11-9-17-8-10-19-18-6-4-5-7-20(18)23(26)21(19)14-17/h4-8,10,12-14,16H,3,15H2,1-2H3/t16-/m0/s1. The number of imidazole rings is 1. The molecular formula is C23H20N2O. The minimum absolute atomic E-state index is 0.0810. The maximum absolute atomic E-state index is 12.6. The highest BCUT2D eigenvalue weighted by atomic mass is 16.1. The lowest BCUT2D eigenvalue weighted by atomic mass is 10.0. The van der Waals surface area contributed by atoms with Gasteiger partial charge in [-0.2, -0.15) is 0 Å². The summed E-state index contributed by atoms with van der Waals surface area (Å²) < 4.78 is 2.09. The Morgan fingerprint density at radius 1 is 1.04 bits per heavy atom. The van der Waals surface area contributed by atoms with E-state index in [1.807, 2.05) is 48.7 Å². The van der Waals surface area contributed by atoms with E-state index < -0.39 is 0 Å². The molecule has 0 fully saturated rings. The van der Waals surface area contributed by atoms with Crippen LogP contribution in [0.15, 0.2) is 54.9 Å². The Balaban J connectivity index is 1.64. The molecule has 0 amide bonds. The molecule has 4 rings (SSSR count). The SMILES string of the molecule is CC[C@H](C)Cn1ccnc1C#Cc1ccc2c(c1)C(=O)c1ccccc1-2. The maximum atomic E-state index is 12.6. The number of nitrogens with zero attached hydrogens (tertiary/aromatic N) is 2. The van der Waals surface area contributed by atoms with E-state index in [1.54, 1.807) is 6.20 Å². The van der Waals surface area contributed by atoms with Crippen molar-refractivity contribution in [3.63, 3.8) is 0 Å². The van der Waals surface area contributed by atoms with E-state index in [2.05, 4.69) is 35.2 Å². The lowest BCUT2D eigenvalue weighted by Crippen LogP contribution is -2.07. The highest BCUT2D eigenvalue weighted by Gasteiger charge is 2.25. The Bertz CT molecular complexity index is 1050. The van der Waals surface area contributed by atoms with Crippen LogP contribution in [-0.4, -0.2) is 15.3 Å². The van der Waals surface area contributed by atoms with Gasteiger partial charge in [-0.3, -0.25) is 4.79 Å². The summed E-state index contributed by atoms with van der Waals surface area (Å²) in [6.45, 7) is 5.33. The maximum Gasteiger partial charge on any atom is 0.194 e. The first-order valence-electron chi connectivity index (χ1n) is 8.98. The van der Waals surface area contributed by atoms with Gasteiger partial charge in [0, 0.05) is 35.6 Å². The van der Waals surface area contributed by atoms with Crippen LogP contribution in [0, 0.1) is 17.8 Å². The molecular weight excluding hydrogens is 320 g/mol. The first-order chi connectivity index (χ1) is 12.7. The lowest BCUT2D eigenvalue weighted by molar-refractivity contribution is 0.104. The Morgan fingerprint density at radius 2 is 1.81 bits per heavy atom. The van der Waals surface area contributed by atoms with Gasteiger partial charge in [-0.05, 0) is 35.1 Å². The van der Waals surface area contributed by atoms with E-state index in [1.165, 1.54) is 0 Å². The van der Waals surface area contributed by atoms with Crippen LogP contribution in [0.3, 0.4) is 0 Å². The quantitative estimate of drug-likeness (QED) is 0.513. The average molecular weight is 340 g/mol. The zero-order chi connectivity index (χ0) is 18.1. The summed E-state index contributed by atoms with van der Waals surface area (Å²) in [6.07, 6.45) is 4.88. The van der Waals surface area contributed by atoms with Gasteiger partial charge in [-0.1, -0.05) is 56.5 Å². The molecule has 3 heteroatoms. The number of fused-ring (bicyclic) bond motifs is 3. The summed E-state index contributed by atoms with van der Waals surface area (Å²) in [7, 11) is 0. The molecule has 2 aromatic carbocycles. The second-order valence-electron chi connectivity index (χ2n) is 6.80. The van der Waals surface area contributed by atoms with E-state index in [0.29, 0.717) is 5.92 Å². The van der Waals surface area contributed by atoms with E-state index in [9.17, 15) is 4.79 Å². The largest absolute Gasteiger partial charge is 0.324 e. The second-order valence-corrected chi connectivity index (χ2v) is 6.80. The van der Waals surface area contributed by atoms with Crippen LogP contribution in [0.4, 0.5) is 0 Å². The summed E-state index contributed by atoms with van der Waals surface area (Å²) in [6, 6.07) is 13.6. The van der Waals surface area contributed by atoms with Crippen LogP contribution in [-0.2, 0) is 6.54 Å². The van der Waals surface area contributed by atoms with Crippen molar-refractivity contribution in [3.8, 4) is 23.0 Å². The Hall–Kier alpha value is -3.12. The van der Waals surface area contributed by atoms with Crippen molar-refractivity contribution in [3.05, 3.63) is 77.4 Å². The van der Waals surface area contributed by atoms with E-state index >= 15 is 0 Å². The van der Waals surface area contributed by atoms with Gasteiger partial charge in [0.25, 0.3) is 0 Å². The Kier molecular flexibility index (Phi) is 4.18. The molecule has 0 aliphatic heterocycles. The van der Waals surface area contributed by atoms with Gasteiger partial charge in [0.15, 0.2) is 11.6 Å². The number of benzene rings is 2. The van der Waals surface area contributed by atoms with Gasteiger partial charge in [-0.15, -0.1) is 0 Å². The van der Waals surface area contributed by atoms with Crippen LogP contribution in [0.25, 0.3) is 11.1 Å². The van der Waals surface area contributed by atoms with Gasteiger partial charge in [0.1, 0.15) is 0 Å². The number of rotatable bonds is 3. The number of carbonyl (C=O) groups excluding carboxylic acids is 1. The highest BCUT2D eigenvalue weighted by Crippen LogP contribution is 2.36. The molecule has 26 heavy (non-hydrogen) atoms. The number of hydrogen-bond acceptors (Lipinski definition) is 2. The van der Waals surface area contributed by atoms with Crippen molar-refractivity contribution in [2.24, 2.45) is 5.92 Å². The molecule has 1 aromatic heterocycles. The molecule has 3 nitrogen and oxygen atoms in total. The number of carbonyl (C=O) groups is 1. The molecule has 0 unspecified atom stereocenters. The average Bonchev–Trinajstić information content (AvgIpc) is 3.23. The Labute approximate surface area is 153 Å². The van der Waals surface area contributed by atoms with Gasteiger partial charge in [0.2, 0.25) is 0 Å². The van der Waals surface area contributed by atoms with Crippen LogP contribution >= 0.6 is 0 Å². The third-order valence-electron chi connectivity index (χ3n) is 4.97. The zero-order valence-corrected chi connectivity index (χ0v) is 15.0. The van der Waals surface area contributed by atoms with E-state index in [-0.39, 0.29) is 5.78 Å². The third-order valence-corrected chi connectivity index (χ3v) is 4.97. The molecule has 0 saturated carbocycles. The van der Waals surface area contributed by atoms with E-state index in [0.717, 1.165) is 46.6 Å². The van der Waals surface area contributed by atoms with E-state index in [4.69, 9.17) is 0 Å². The fourth-order valence-electron chi connectivity index (χ4n) is 3.28. The third kappa shape index (κ3) is 2.84. The Morgan fingerprint density at radius 3 is 2.62 bits per heavy atom. The normalized spacial score (nSPS) is 12.9. The fraction of sp³-hybridized carbons (Fsp3) is 0.217. The lowest BCUT2D eigenvalue weighted by Gasteiger charge is -2.09. The first kappa shape index (κ1) is 16.4. The van der Waals surface area contributed by atoms with Crippen molar-refractivity contribution in [1.82, 2.24) is 9.55 Å². The van der Waals surface area contributed by atoms with Gasteiger partial charge >= 0.3 is 0 Å².